The van der Waals surface area contributed by atoms with Gasteiger partial charge in [-0.25, -0.2) is 13.8 Å². The van der Waals surface area contributed by atoms with Gasteiger partial charge in [0.2, 0.25) is 5.88 Å². The van der Waals surface area contributed by atoms with Gasteiger partial charge in [0.1, 0.15) is 5.75 Å². The minimum atomic E-state index is -5.16. The van der Waals surface area contributed by atoms with Crippen LogP contribution in [0.2, 0.25) is 0 Å². The van der Waals surface area contributed by atoms with Crippen LogP contribution in [0.25, 0.3) is 0 Å². The summed E-state index contributed by atoms with van der Waals surface area (Å²) in [5, 5.41) is 9.15. The van der Waals surface area contributed by atoms with Gasteiger partial charge in [0.05, 0.1) is 17.6 Å². The second-order valence-corrected chi connectivity index (χ2v) is 3.09. The van der Waals surface area contributed by atoms with Crippen LogP contribution >= 0.6 is 11.6 Å². The summed E-state index contributed by atoms with van der Waals surface area (Å²) in [6.45, 7) is 0. The average molecular weight is 278 g/mol. The van der Waals surface area contributed by atoms with Gasteiger partial charge in [-0.3, -0.25) is 0 Å². The summed E-state index contributed by atoms with van der Waals surface area (Å²) in [7, 11) is 0. The van der Waals surface area contributed by atoms with Crippen molar-refractivity contribution in [2.24, 2.45) is 0 Å². The third kappa shape index (κ3) is 3.32. The number of alkyl halides is 6. The molecule has 0 bridgehead atoms. The molecule has 0 aliphatic rings. The summed E-state index contributed by atoms with van der Waals surface area (Å²) in [4.78, 5) is 2.96. The van der Waals surface area contributed by atoms with E-state index in [4.69, 9.17) is 16.7 Å². The molecule has 9 heteroatoms. The number of halogens is 6. The molecule has 96 valence electrons. The molecule has 1 heterocycles. The molecule has 0 atom stereocenters. The molecule has 0 amide bonds. The van der Waals surface area contributed by atoms with E-state index in [-0.39, 0.29) is 0 Å². The smallest absolute Gasteiger partial charge is 0.506 e. The fraction of sp³-hybridized carbons (Fsp3) is 0.375. The lowest BCUT2D eigenvalue weighted by Crippen LogP contribution is -2.19. The number of hydrogen-bond donors (Lipinski definition) is 1. The number of aromatic nitrogens is 1. The van der Waals surface area contributed by atoms with Crippen LogP contribution in [-0.4, -0.2) is 16.5 Å². The maximum atomic E-state index is 12.6. The highest BCUT2D eigenvalue weighted by Gasteiger charge is 2.35. The minimum Gasteiger partial charge on any atom is -0.506 e. The van der Waals surface area contributed by atoms with E-state index in [1.807, 2.05) is 0 Å². The third-order valence-corrected chi connectivity index (χ3v) is 2.00. The summed E-state index contributed by atoms with van der Waals surface area (Å²) < 4.78 is 64.2. The average Bonchev–Trinajstić information content (AvgIpc) is 2.17. The Hall–Kier alpha value is -1.31. The first-order valence-electron chi connectivity index (χ1n) is 4.07. The predicted octanol–water partition coefficient (Wildman–Crippen LogP) is 3.36. The molecular weight excluding hydrogens is 273 g/mol. The normalized spacial score (nSPS) is 11.9. The Morgan fingerprint density at radius 1 is 1.41 bits per heavy atom. The van der Waals surface area contributed by atoms with E-state index in [0.29, 0.717) is 6.20 Å². The number of nitrogens with zero attached hydrogens (tertiary/aromatic N) is 1. The fourth-order valence-corrected chi connectivity index (χ4v) is 1.37. The van der Waals surface area contributed by atoms with Crippen molar-refractivity contribution in [1.29, 1.82) is 0 Å². The highest BCUT2D eigenvalue weighted by atomic mass is 35.5. The molecule has 3 nitrogen and oxygen atoms in total. The zero-order valence-electron chi connectivity index (χ0n) is 7.93. The Kier molecular flexibility index (Phi) is 3.97. The molecule has 1 aromatic heterocycles. The van der Waals surface area contributed by atoms with Crippen LogP contribution in [0.5, 0.6) is 11.6 Å². The van der Waals surface area contributed by atoms with Gasteiger partial charge in [-0.1, -0.05) is 0 Å². The van der Waals surface area contributed by atoms with Gasteiger partial charge >= 0.3 is 6.36 Å². The molecule has 0 radical (unpaired) electrons. The quantitative estimate of drug-likeness (QED) is 0.680. The Balaban J connectivity index is 3.30. The lowest BCUT2D eigenvalue weighted by atomic mass is 10.1. The first-order chi connectivity index (χ1) is 7.76. The maximum Gasteiger partial charge on any atom is 0.574 e. The monoisotopic (exact) mass is 277 g/mol. The van der Waals surface area contributed by atoms with Gasteiger partial charge in [-0.15, -0.1) is 24.8 Å². The standard InChI is InChI=1S/C8H5ClF5NO2/c9-1-3-4(16)2-15-7(5(3)6(10)11)17-8(12,13)14/h2,6,16H,1H2. The lowest BCUT2D eigenvalue weighted by molar-refractivity contribution is -0.276. The Morgan fingerprint density at radius 3 is 2.41 bits per heavy atom. The van der Waals surface area contributed by atoms with Gasteiger partial charge in [-0.05, 0) is 0 Å². The maximum absolute atomic E-state index is 12.6. The van der Waals surface area contributed by atoms with Gasteiger partial charge in [0, 0.05) is 5.56 Å². The minimum absolute atomic E-state index is 0.545. The first kappa shape index (κ1) is 13.8. The van der Waals surface area contributed by atoms with Crippen molar-refractivity contribution < 1.29 is 31.8 Å². The van der Waals surface area contributed by atoms with Gasteiger partial charge in [0.25, 0.3) is 6.43 Å². The molecule has 0 saturated carbocycles. The van der Waals surface area contributed by atoms with E-state index in [2.05, 4.69) is 9.72 Å². The molecule has 0 spiro atoms. The highest BCUT2D eigenvalue weighted by Crippen LogP contribution is 2.37. The largest absolute Gasteiger partial charge is 0.574 e. The van der Waals surface area contributed by atoms with E-state index in [9.17, 15) is 22.0 Å². The molecule has 0 fully saturated rings. The van der Waals surface area contributed by atoms with Crippen LogP contribution in [0.3, 0.4) is 0 Å². The Morgan fingerprint density at radius 2 is 2.00 bits per heavy atom. The molecular formula is C8H5ClF5NO2. The van der Waals surface area contributed by atoms with Crippen molar-refractivity contribution >= 4 is 11.6 Å². The zero-order chi connectivity index (χ0) is 13.2. The molecule has 1 aromatic rings. The second kappa shape index (κ2) is 4.91. The van der Waals surface area contributed by atoms with Crippen LogP contribution < -0.4 is 4.74 Å². The van der Waals surface area contributed by atoms with Crippen LogP contribution in [0.1, 0.15) is 17.6 Å². The summed E-state index contributed by atoms with van der Waals surface area (Å²) in [6.07, 6.45) is -7.90. The third-order valence-electron chi connectivity index (χ3n) is 1.73. The number of ether oxygens (including phenoxy) is 1. The fourth-order valence-electron chi connectivity index (χ4n) is 1.09. The molecule has 17 heavy (non-hydrogen) atoms. The number of hydrogen-bond acceptors (Lipinski definition) is 3. The summed E-state index contributed by atoms with van der Waals surface area (Å²) in [5.41, 5.74) is -1.71. The molecule has 0 aliphatic carbocycles. The number of aromatic hydroxyl groups is 1. The molecule has 0 saturated heterocycles. The van der Waals surface area contributed by atoms with E-state index in [0.717, 1.165) is 0 Å². The van der Waals surface area contributed by atoms with Crippen molar-refractivity contribution in [2.45, 2.75) is 18.7 Å². The zero-order valence-corrected chi connectivity index (χ0v) is 8.69. The molecule has 0 unspecified atom stereocenters. The molecule has 1 N–H and O–H groups in total. The number of pyridine rings is 1. The molecule has 1 rings (SSSR count). The van der Waals surface area contributed by atoms with Crippen LogP contribution in [0.15, 0.2) is 6.20 Å². The van der Waals surface area contributed by atoms with E-state index in [1.165, 1.54) is 0 Å². The molecule has 0 aliphatic heterocycles. The van der Waals surface area contributed by atoms with Crippen LogP contribution in [-0.2, 0) is 5.88 Å². The van der Waals surface area contributed by atoms with Crippen molar-refractivity contribution in [2.75, 3.05) is 0 Å². The summed E-state index contributed by atoms with van der Waals surface area (Å²) in [6, 6.07) is 0. The van der Waals surface area contributed by atoms with Gasteiger partial charge in [-0.2, -0.15) is 0 Å². The van der Waals surface area contributed by atoms with Crippen molar-refractivity contribution in [3.63, 3.8) is 0 Å². The topological polar surface area (TPSA) is 42.4 Å². The van der Waals surface area contributed by atoms with Crippen molar-refractivity contribution in [3.05, 3.63) is 17.3 Å². The van der Waals surface area contributed by atoms with Crippen LogP contribution in [0, 0.1) is 0 Å². The van der Waals surface area contributed by atoms with Gasteiger partial charge in [0.15, 0.2) is 0 Å². The van der Waals surface area contributed by atoms with Crippen LogP contribution in [0.4, 0.5) is 22.0 Å². The van der Waals surface area contributed by atoms with E-state index >= 15 is 0 Å². The number of rotatable bonds is 3. The van der Waals surface area contributed by atoms with E-state index in [1.54, 1.807) is 0 Å². The second-order valence-electron chi connectivity index (χ2n) is 2.82. The van der Waals surface area contributed by atoms with E-state index < -0.39 is 41.4 Å². The lowest BCUT2D eigenvalue weighted by Gasteiger charge is -2.14. The first-order valence-corrected chi connectivity index (χ1v) is 4.60. The predicted molar refractivity (Wildman–Crippen MR) is 47.1 cm³/mol. The summed E-state index contributed by atoms with van der Waals surface area (Å²) in [5.74, 6) is -2.63. The van der Waals surface area contributed by atoms with Gasteiger partial charge < -0.3 is 9.84 Å². The summed E-state index contributed by atoms with van der Waals surface area (Å²) >= 11 is 5.27. The highest BCUT2D eigenvalue weighted by molar-refractivity contribution is 6.17. The molecule has 0 aromatic carbocycles. The Bertz CT molecular complexity index is 410. The SMILES string of the molecule is Oc1cnc(OC(F)(F)F)c(C(F)F)c1CCl. The van der Waals surface area contributed by atoms with Crippen molar-refractivity contribution in [3.8, 4) is 11.6 Å². The van der Waals surface area contributed by atoms with Crippen molar-refractivity contribution in [1.82, 2.24) is 4.98 Å². The Labute approximate surface area is 96.8 Å².